The van der Waals surface area contributed by atoms with E-state index in [0.29, 0.717) is 24.3 Å². The summed E-state index contributed by atoms with van der Waals surface area (Å²) in [6, 6.07) is -0.0796. The second-order valence-electron chi connectivity index (χ2n) is 6.03. The standard InChI is InChI=1S/C12H19FN2O/c1-11(13)4-5-15(8-11)10(16)14-7-9-6-12(9)2-3-12/h9H,2-8H2,1H3,(H,14,16). The number of nitrogens with one attached hydrogen (secondary N) is 1. The number of halogens is 1. The third kappa shape index (κ3) is 1.78. The van der Waals surface area contributed by atoms with Crippen LogP contribution in [0.15, 0.2) is 0 Å². The van der Waals surface area contributed by atoms with Gasteiger partial charge in [-0.25, -0.2) is 9.18 Å². The lowest BCUT2D eigenvalue weighted by molar-refractivity contribution is 0.178. The second-order valence-corrected chi connectivity index (χ2v) is 6.03. The number of rotatable bonds is 2. The van der Waals surface area contributed by atoms with E-state index >= 15 is 0 Å². The molecule has 3 fully saturated rings. The normalized spacial score (nSPS) is 38.9. The van der Waals surface area contributed by atoms with E-state index in [1.165, 1.54) is 19.3 Å². The van der Waals surface area contributed by atoms with E-state index in [0.717, 1.165) is 6.54 Å². The van der Waals surface area contributed by atoms with Gasteiger partial charge in [0.2, 0.25) is 0 Å². The highest BCUT2D eigenvalue weighted by Gasteiger charge is 2.62. The van der Waals surface area contributed by atoms with Gasteiger partial charge in [-0.15, -0.1) is 0 Å². The Morgan fingerprint density at radius 3 is 2.75 bits per heavy atom. The Hall–Kier alpha value is -0.800. The van der Waals surface area contributed by atoms with Crippen molar-refractivity contribution < 1.29 is 9.18 Å². The summed E-state index contributed by atoms with van der Waals surface area (Å²) < 4.78 is 13.5. The molecule has 4 heteroatoms. The van der Waals surface area contributed by atoms with Crippen LogP contribution < -0.4 is 5.32 Å². The van der Waals surface area contributed by atoms with Crippen molar-refractivity contribution in [3.8, 4) is 0 Å². The fourth-order valence-electron chi connectivity index (χ4n) is 2.91. The number of amides is 2. The highest BCUT2D eigenvalue weighted by Crippen LogP contribution is 2.70. The molecule has 1 N–H and O–H groups in total. The summed E-state index contributed by atoms with van der Waals surface area (Å²) in [6.07, 6.45) is 4.45. The monoisotopic (exact) mass is 226 g/mol. The molecule has 0 aromatic carbocycles. The number of carbonyl (C=O) groups is 1. The summed E-state index contributed by atoms with van der Waals surface area (Å²) in [5.41, 5.74) is -0.554. The highest BCUT2D eigenvalue weighted by atomic mass is 19.1. The molecule has 3 rings (SSSR count). The molecule has 3 aliphatic rings. The van der Waals surface area contributed by atoms with Gasteiger partial charge in [0, 0.05) is 19.5 Å². The zero-order valence-electron chi connectivity index (χ0n) is 9.76. The maximum absolute atomic E-state index is 13.5. The van der Waals surface area contributed by atoms with E-state index in [2.05, 4.69) is 5.32 Å². The molecule has 2 amide bonds. The van der Waals surface area contributed by atoms with E-state index in [-0.39, 0.29) is 12.6 Å². The average molecular weight is 226 g/mol. The molecule has 1 spiro atoms. The number of hydrogen-bond donors (Lipinski definition) is 1. The van der Waals surface area contributed by atoms with Gasteiger partial charge in [-0.2, -0.15) is 0 Å². The average Bonchev–Trinajstić information content (AvgIpc) is 3.10. The third-order valence-electron chi connectivity index (χ3n) is 4.46. The van der Waals surface area contributed by atoms with Gasteiger partial charge < -0.3 is 10.2 Å². The Morgan fingerprint density at radius 2 is 2.25 bits per heavy atom. The van der Waals surface area contributed by atoms with Crippen LogP contribution in [0.2, 0.25) is 0 Å². The Balaban J connectivity index is 1.43. The Bertz CT molecular complexity index is 325. The molecule has 2 unspecified atom stereocenters. The largest absolute Gasteiger partial charge is 0.338 e. The predicted molar refractivity (Wildman–Crippen MR) is 58.9 cm³/mol. The molecule has 0 radical (unpaired) electrons. The molecule has 2 aliphatic carbocycles. The van der Waals surface area contributed by atoms with Crippen molar-refractivity contribution in [3.05, 3.63) is 0 Å². The molecule has 0 aromatic rings. The fourth-order valence-corrected chi connectivity index (χ4v) is 2.91. The first kappa shape index (κ1) is 10.4. The minimum atomic E-state index is -1.19. The SMILES string of the molecule is CC1(F)CCN(C(=O)NCC2CC23CC3)C1. The van der Waals surface area contributed by atoms with Crippen LogP contribution in [0.4, 0.5) is 9.18 Å². The summed E-state index contributed by atoms with van der Waals surface area (Å²) in [4.78, 5) is 13.3. The Morgan fingerprint density at radius 1 is 1.50 bits per heavy atom. The van der Waals surface area contributed by atoms with E-state index in [1.54, 1.807) is 11.8 Å². The van der Waals surface area contributed by atoms with Gasteiger partial charge in [0.15, 0.2) is 0 Å². The molecule has 1 saturated heterocycles. The van der Waals surface area contributed by atoms with Gasteiger partial charge in [-0.05, 0) is 37.5 Å². The quantitative estimate of drug-likeness (QED) is 0.766. The van der Waals surface area contributed by atoms with Gasteiger partial charge in [0.05, 0.1) is 6.54 Å². The molecule has 3 nitrogen and oxygen atoms in total. The summed E-state index contributed by atoms with van der Waals surface area (Å²) in [5, 5.41) is 2.94. The van der Waals surface area contributed by atoms with E-state index < -0.39 is 5.67 Å². The first-order valence-corrected chi connectivity index (χ1v) is 6.23. The van der Waals surface area contributed by atoms with Crippen molar-refractivity contribution in [1.82, 2.24) is 10.2 Å². The van der Waals surface area contributed by atoms with Crippen LogP contribution in [0.5, 0.6) is 0 Å². The molecule has 1 aliphatic heterocycles. The van der Waals surface area contributed by atoms with E-state index in [9.17, 15) is 9.18 Å². The summed E-state index contributed by atoms with van der Waals surface area (Å²) >= 11 is 0. The van der Waals surface area contributed by atoms with Crippen LogP contribution in [0.3, 0.4) is 0 Å². The molecule has 16 heavy (non-hydrogen) atoms. The van der Waals surface area contributed by atoms with Crippen molar-refractivity contribution in [1.29, 1.82) is 0 Å². The van der Waals surface area contributed by atoms with Crippen LogP contribution in [-0.4, -0.2) is 36.2 Å². The van der Waals surface area contributed by atoms with Crippen LogP contribution in [-0.2, 0) is 0 Å². The molecule has 90 valence electrons. The second kappa shape index (κ2) is 3.11. The maximum atomic E-state index is 13.5. The molecule has 2 saturated carbocycles. The Labute approximate surface area is 95.4 Å². The zero-order valence-corrected chi connectivity index (χ0v) is 9.76. The Kier molecular flexibility index (Phi) is 2.01. The summed E-state index contributed by atoms with van der Waals surface area (Å²) in [6.45, 7) is 3.15. The minimum Gasteiger partial charge on any atom is -0.338 e. The van der Waals surface area contributed by atoms with Crippen molar-refractivity contribution in [2.45, 2.75) is 38.3 Å². The van der Waals surface area contributed by atoms with Crippen LogP contribution in [0.1, 0.15) is 32.6 Å². The van der Waals surface area contributed by atoms with Gasteiger partial charge >= 0.3 is 6.03 Å². The smallest absolute Gasteiger partial charge is 0.317 e. The molecular weight excluding hydrogens is 207 g/mol. The van der Waals surface area contributed by atoms with Gasteiger partial charge in [0.1, 0.15) is 5.67 Å². The summed E-state index contributed by atoms with van der Waals surface area (Å²) in [5.74, 6) is 0.704. The summed E-state index contributed by atoms with van der Waals surface area (Å²) in [7, 11) is 0. The van der Waals surface area contributed by atoms with E-state index in [4.69, 9.17) is 0 Å². The number of nitrogens with zero attached hydrogens (tertiary/aromatic N) is 1. The first-order chi connectivity index (χ1) is 7.51. The molecule has 2 atom stereocenters. The van der Waals surface area contributed by atoms with Crippen LogP contribution >= 0.6 is 0 Å². The molecule has 0 bridgehead atoms. The van der Waals surface area contributed by atoms with Crippen LogP contribution in [0, 0.1) is 11.3 Å². The number of alkyl halides is 1. The number of urea groups is 1. The molecule has 0 aromatic heterocycles. The lowest BCUT2D eigenvalue weighted by atomic mass is 10.1. The third-order valence-corrected chi connectivity index (χ3v) is 4.46. The lowest BCUT2D eigenvalue weighted by Gasteiger charge is -2.18. The highest BCUT2D eigenvalue weighted by molar-refractivity contribution is 5.74. The maximum Gasteiger partial charge on any atom is 0.317 e. The first-order valence-electron chi connectivity index (χ1n) is 6.23. The van der Waals surface area contributed by atoms with E-state index in [1.807, 2.05) is 0 Å². The molecule has 1 heterocycles. The van der Waals surface area contributed by atoms with Crippen molar-refractivity contribution in [2.24, 2.45) is 11.3 Å². The lowest BCUT2D eigenvalue weighted by Crippen LogP contribution is -2.40. The number of carbonyl (C=O) groups excluding carboxylic acids is 1. The van der Waals surface area contributed by atoms with Gasteiger partial charge in [0.25, 0.3) is 0 Å². The minimum absolute atomic E-state index is 0.0796. The van der Waals surface area contributed by atoms with Crippen molar-refractivity contribution in [3.63, 3.8) is 0 Å². The van der Waals surface area contributed by atoms with Crippen LogP contribution in [0.25, 0.3) is 0 Å². The molecular formula is C12H19FN2O. The van der Waals surface area contributed by atoms with Crippen molar-refractivity contribution in [2.75, 3.05) is 19.6 Å². The zero-order chi connectivity index (χ0) is 11.4. The van der Waals surface area contributed by atoms with Gasteiger partial charge in [-0.3, -0.25) is 0 Å². The number of hydrogen-bond acceptors (Lipinski definition) is 1. The number of likely N-dealkylation sites (tertiary alicyclic amines) is 1. The predicted octanol–water partition coefficient (Wildman–Crippen LogP) is 1.93. The topological polar surface area (TPSA) is 32.3 Å². The van der Waals surface area contributed by atoms with Crippen molar-refractivity contribution >= 4 is 6.03 Å². The van der Waals surface area contributed by atoms with Gasteiger partial charge in [-0.1, -0.05) is 0 Å². The fraction of sp³-hybridized carbons (Fsp3) is 0.917.